The molecule has 100 valence electrons. The molecule has 0 radical (unpaired) electrons. The fraction of sp³-hybridized carbons (Fsp3) is 0.692. The molecule has 2 rings (SSSR count). The van der Waals surface area contributed by atoms with Gasteiger partial charge in [-0.15, -0.1) is 0 Å². The predicted octanol–water partition coefficient (Wildman–Crippen LogP) is 1.60. The highest BCUT2D eigenvalue weighted by Gasteiger charge is 2.34. The van der Waals surface area contributed by atoms with E-state index in [0.29, 0.717) is 12.1 Å². The van der Waals surface area contributed by atoms with E-state index in [-0.39, 0.29) is 11.8 Å². The molecule has 0 aromatic heterocycles. The molecule has 4 nitrogen and oxygen atoms in total. The van der Waals surface area contributed by atoms with Crippen molar-refractivity contribution in [1.29, 1.82) is 0 Å². The van der Waals surface area contributed by atoms with Gasteiger partial charge in [0.05, 0.1) is 0 Å². The minimum Gasteiger partial charge on any atom is -0.324 e. The van der Waals surface area contributed by atoms with Crippen LogP contribution in [0.25, 0.3) is 0 Å². The van der Waals surface area contributed by atoms with Crippen molar-refractivity contribution in [3.63, 3.8) is 0 Å². The summed E-state index contributed by atoms with van der Waals surface area (Å²) in [5, 5.41) is 0. The zero-order valence-electron chi connectivity index (χ0n) is 11.5. The highest BCUT2D eigenvalue weighted by molar-refractivity contribution is 6.75. The zero-order chi connectivity index (χ0) is 13.3. The van der Waals surface area contributed by atoms with Crippen molar-refractivity contribution < 1.29 is 9.59 Å². The van der Waals surface area contributed by atoms with Crippen molar-refractivity contribution in [2.24, 2.45) is 0 Å². The summed E-state index contributed by atoms with van der Waals surface area (Å²) >= 11 is 0. The Morgan fingerprint density at radius 2 is 2.00 bits per heavy atom. The summed E-state index contributed by atoms with van der Waals surface area (Å²) in [5.41, 5.74) is 0.566. The van der Waals surface area contributed by atoms with E-state index >= 15 is 0 Å². The van der Waals surface area contributed by atoms with E-state index in [9.17, 15) is 9.59 Å². The molecule has 0 aliphatic carbocycles. The zero-order valence-corrected chi connectivity index (χ0v) is 12.5. The van der Waals surface area contributed by atoms with E-state index in [0.717, 1.165) is 13.0 Å². The first kappa shape index (κ1) is 13.5. The molecule has 0 spiro atoms. The minimum atomic E-state index is -1.16. The molecular formula is C13H22N2O2Si. The third kappa shape index (κ3) is 2.57. The van der Waals surface area contributed by atoms with Crippen LogP contribution in [0.3, 0.4) is 0 Å². The second-order valence-electron chi connectivity index (χ2n) is 5.88. The first-order valence-corrected chi connectivity index (χ1v) is 9.86. The van der Waals surface area contributed by atoms with Crippen LogP contribution in [0.1, 0.15) is 19.8 Å². The van der Waals surface area contributed by atoms with Gasteiger partial charge in [0.1, 0.15) is 8.24 Å². The van der Waals surface area contributed by atoms with E-state index in [1.807, 2.05) is 0 Å². The second kappa shape index (κ2) is 4.97. The molecule has 2 heterocycles. The number of imide groups is 1. The molecule has 18 heavy (non-hydrogen) atoms. The van der Waals surface area contributed by atoms with E-state index < -0.39 is 8.24 Å². The van der Waals surface area contributed by atoms with Gasteiger partial charge in [-0.1, -0.05) is 13.1 Å². The van der Waals surface area contributed by atoms with Gasteiger partial charge in [0.2, 0.25) is 0 Å². The molecule has 1 saturated heterocycles. The molecule has 0 unspecified atom stereocenters. The van der Waals surface area contributed by atoms with E-state index in [1.54, 1.807) is 6.92 Å². The quantitative estimate of drug-likeness (QED) is 0.573. The average molecular weight is 266 g/mol. The van der Waals surface area contributed by atoms with Crippen molar-refractivity contribution in [2.45, 2.75) is 38.9 Å². The van der Waals surface area contributed by atoms with Gasteiger partial charge in [-0.3, -0.25) is 14.5 Å². The molecule has 0 saturated carbocycles. The summed E-state index contributed by atoms with van der Waals surface area (Å²) in [6.07, 6.45) is 3.65. The Balaban J connectivity index is 1.80. The predicted molar refractivity (Wildman–Crippen MR) is 73.6 cm³/mol. The molecule has 0 N–H and O–H groups in total. The Morgan fingerprint density at radius 1 is 1.28 bits per heavy atom. The lowest BCUT2D eigenvalue weighted by Crippen LogP contribution is -2.44. The standard InChI is InChI=1S/C13H22N2O2Si/c1-11-10-12(16)15(13(11)17)8-4-6-14-7-5-9-18(14,2)3/h10H,4-9H2,1-3H3. The largest absolute Gasteiger partial charge is 0.324 e. The molecule has 2 aliphatic heterocycles. The van der Waals surface area contributed by atoms with Crippen molar-refractivity contribution in [1.82, 2.24) is 9.47 Å². The molecule has 0 atom stereocenters. The molecule has 2 aliphatic rings. The normalized spacial score (nSPS) is 23.9. The smallest absolute Gasteiger partial charge is 0.256 e. The van der Waals surface area contributed by atoms with Crippen LogP contribution < -0.4 is 0 Å². The maximum Gasteiger partial charge on any atom is 0.256 e. The fourth-order valence-corrected chi connectivity index (χ4v) is 5.71. The minimum absolute atomic E-state index is 0.113. The van der Waals surface area contributed by atoms with Gasteiger partial charge in [-0.25, -0.2) is 0 Å². The van der Waals surface area contributed by atoms with Crippen molar-refractivity contribution in [2.75, 3.05) is 19.6 Å². The lowest BCUT2D eigenvalue weighted by atomic mass is 10.3. The van der Waals surface area contributed by atoms with Crippen molar-refractivity contribution in [3.05, 3.63) is 11.6 Å². The monoisotopic (exact) mass is 266 g/mol. The Kier molecular flexibility index (Phi) is 3.73. The van der Waals surface area contributed by atoms with Crippen LogP contribution in [0, 0.1) is 0 Å². The van der Waals surface area contributed by atoms with E-state index in [2.05, 4.69) is 17.7 Å². The van der Waals surface area contributed by atoms with Gasteiger partial charge in [0, 0.05) is 18.2 Å². The van der Waals surface area contributed by atoms with Crippen LogP contribution in [-0.2, 0) is 9.59 Å². The molecule has 0 aromatic rings. The Bertz CT molecular complexity index is 404. The van der Waals surface area contributed by atoms with Crippen LogP contribution in [0.4, 0.5) is 0 Å². The number of carbonyl (C=O) groups is 2. The van der Waals surface area contributed by atoms with Crippen molar-refractivity contribution >= 4 is 20.0 Å². The summed E-state index contributed by atoms with van der Waals surface area (Å²) in [6, 6.07) is 1.37. The fourth-order valence-electron chi connectivity index (χ4n) is 2.85. The average Bonchev–Trinajstić information content (AvgIpc) is 2.73. The third-order valence-corrected chi connectivity index (χ3v) is 7.81. The van der Waals surface area contributed by atoms with Gasteiger partial charge in [-0.05, 0) is 38.9 Å². The highest BCUT2D eigenvalue weighted by Crippen LogP contribution is 2.25. The van der Waals surface area contributed by atoms with Gasteiger partial charge in [0.15, 0.2) is 0 Å². The van der Waals surface area contributed by atoms with Crippen LogP contribution in [0.5, 0.6) is 0 Å². The maximum absolute atomic E-state index is 11.7. The van der Waals surface area contributed by atoms with Gasteiger partial charge < -0.3 is 4.57 Å². The highest BCUT2D eigenvalue weighted by atomic mass is 28.3. The lowest BCUT2D eigenvalue weighted by Gasteiger charge is -2.30. The number of rotatable bonds is 4. The Hall–Kier alpha value is -0.943. The SMILES string of the molecule is CC1=CC(=O)N(CCCN2CCC[Si]2(C)C)C1=O. The molecule has 1 fully saturated rings. The number of carbonyl (C=O) groups excluding carboxylic acids is 2. The first-order valence-electron chi connectivity index (χ1n) is 6.71. The number of hydrogen-bond donors (Lipinski definition) is 0. The van der Waals surface area contributed by atoms with Crippen LogP contribution in [0.2, 0.25) is 19.1 Å². The molecular weight excluding hydrogens is 244 g/mol. The van der Waals surface area contributed by atoms with E-state index in [1.165, 1.54) is 30.0 Å². The van der Waals surface area contributed by atoms with Gasteiger partial charge in [-0.2, -0.15) is 0 Å². The molecule has 0 bridgehead atoms. The Labute approximate surface area is 110 Å². The van der Waals surface area contributed by atoms with Gasteiger partial charge in [0.25, 0.3) is 11.8 Å². The van der Waals surface area contributed by atoms with Crippen molar-refractivity contribution in [3.8, 4) is 0 Å². The molecule has 5 heteroatoms. The first-order chi connectivity index (χ1) is 8.42. The summed E-state index contributed by atoms with van der Waals surface area (Å²) < 4.78 is 2.60. The lowest BCUT2D eigenvalue weighted by molar-refractivity contribution is -0.137. The third-order valence-electron chi connectivity index (χ3n) is 4.07. The topological polar surface area (TPSA) is 40.6 Å². The summed E-state index contributed by atoms with van der Waals surface area (Å²) in [6.45, 7) is 9.28. The second-order valence-corrected chi connectivity index (χ2v) is 10.6. The number of amides is 2. The van der Waals surface area contributed by atoms with E-state index in [4.69, 9.17) is 0 Å². The van der Waals surface area contributed by atoms with Crippen LogP contribution in [0.15, 0.2) is 11.6 Å². The molecule has 2 amide bonds. The van der Waals surface area contributed by atoms with Crippen LogP contribution in [-0.4, -0.2) is 49.1 Å². The Morgan fingerprint density at radius 3 is 2.50 bits per heavy atom. The maximum atomic E-state index is 11.7. The van der Waals surface area contributed by atoms with Gasteiger partial charge >= 0.3 is 0 Å². The number of nitrogens with zero attached hydrogens (tertiary/aromatic N) is 2. The summed E-state index contributed by atoms with van der Waals surface area (Å²) in [7, 11) is -1.16. The molecule has 0 aromatic carbocycles. The summed E-state index contributed by atoms with van der Waals surface area (Å²) in [5.74, 6) is -0.256. The van der Waals surface area contributed by atoms with Crippen LogP contribution >= 0.6 is 0 Å². The number of hydrogen-bond acceptors (Lipinski definition) is 3. The summed E-state index contributed by atoms with van der Waals surface area (Å²) in [4.78, 5) is 24.7.